The van der Waals surface area contributed by atoms with Crippen LogP contribution in [0.1, 0.15) is 32.3 Å². The molecular formula is C25H30N4O4. The maximum atomic E-state index is 12.3. The van der Waals surface area contributed by atoms with Crippen LogP contribution < -0.4 is 10.1 Å². The second-order valence-electron chi connectivity index (χ2n) is 9.04. The number of anilines is 1. The predicted octanol–water partition coefficient (Wildman–Crippen LogP) is 4.91. The average Bonchev–Trinajstić information content (AvgIpc) is 2.74. The normalized spacial score (nSPS) is 14.8. The fourth-order valence-electron chi connectivity index (χ4n) is 3.68. The van der Waals surface area contributed by atoms with Crippen LogP contribution in [0.3, 0.4) is 0 Å². The predicted molar refractivity (Wildman–Crippen MR) is 127 cm³/mol. The molecule has 1 aromatic heterocycles. The SMILES string of the molecule is Cc1cc(Oc2ccc(NC(=O)OC(C)(C)C)c3ccccc23)nc(CN2CCOCC2)n1. The van der Waals surface area contributed by atoms with Crippen molar-refractivity contribution in [3.05, 3.63) is 54.0 Å². The fourth-order valence-corrected chi connectivity index (χ4v) is 3.68. The molecule has 174 valence electrons. The molecule has 1 fully saturated rings. The molecule has 1 aliphatic heterocycles. The van der Waals surface area contributed by atoms with Crippen LogP contribution in [-0.2, 0) is 16.0 Å². The molecule has 33 heavy (non-hydrogen) atoms. The smallest absolute Gasteiger partial charge is 0.412 e. The first-order chi connectivity index (χ1) is 15.8. The lowest BCUT2D eigenvalue weighted by Crippen LogP contribution is -2.36. The standard InChI is InChI=1S/C25H30N4O4/c1-17-15-23(28-22(26-17)16-29-11-13-31-14-12-29)32-21-10-9-20(18-7-5-6-8-19(18)21)27-24(30)33-25(2,3)4/h5-10,15H,11-14,16H2,1-4H3,(H,27,30). The Bertz CT molecular complexity index is 1140. The van der Waals surface area contributed by atoms with Crippen molar-refractivity contribution in [2.45, 2.75) is 39.8 Å². The molecule has 4 rings (SSSR count). The molecule has 0 saturated carbocycles. The van der Waals surface area contributed by atoms with Gasteiger partial charge in [0.15, 0.2) is 0 Å². The lowest BCUT2D eigenvalue weighted by atomic mass is 10.1. The average molecular weight is 451 g/mol. The molecule has 0 radical (unpaired) electrons. The van der Waals surface area contributed by atoms with Crippen LogP contribution in [0.4, 0.5) is 10.5 Å². The number of benzene rings is 2. The summed E-state index contributed by atoms with van der Waals surface area (Å²) in [5.74, 6) is 1.86. The van der Waals surface area contributed by atoms with Crippen molar-refractivity contribution < 1.29 is 19.0 Å². The number of fused-ring (bicyclic) bond motifs is 1. The van der Waals surface area contributed by atoms with E-state index in [1.54, 1.807) is 0 Å². The molecule has 8 nitrogen and oxygen atoms in total. The van der Waals surface area contributed by atoms with Crippen LogP contribution in [0, 0.1) is 6.92 Å². The molecule has 8 heteroatoms. The van der Waals surface area contributed by atoms with E-state index in [0.29, 0.717) is 23.9 Å². The van der Waals surface area contributed by atoms with E-state index in [4.69, 9.17) is 14.2 Å². The highest BCUT2D eigenvalue weighted by atomic mass is 16.6. The second kappa shape index (κ2) is 9.72. The van der Waals surface area contributed by atoms with Crippen LogP contribution in [0.25, 0.3) is 10.8 Å². The number of carbonyl (C=O) groups excluding carboxylic acids is 1. The Kier molecular flexibility index (Phi) is 6.76. The lowest BCUT2D eigenvalue weighted by molar-refractivity contribution is 0.0330. The molecule has 1 amide bonds. The molecule has 2 aromatic carbocycles. The molecule has 0 unspecified atom stereocenters. The number of aromatic nitrogens is 2. The van der Waals surface area contributed by atoms with Gasteiger partial charge in [0.25, 0.3) is 0 Å². The van der Waals surface area contributed by atoms with Gasteiger partial charge in [0.1, 0.15) is 17.2 Å². The van der Waals surface area contributed by atoms with Gasteiger partial charge in [-0.25, -0.2) is 9.78 Å². The van der Waals surface area contributed by atoms with Gasteiger partial charge in [-0.15, -0.1) is 0 Å². The van der Waals surface area contributed by atoms with Crippen LogP contribution in [-0.4, -0.2) is 52.9 Å². The van der Waals surface area contributed by atoms with Crippen molar-refractivity contribution in [2.24, 2.45) is 0 Å². The summed E-state index contributed by atoms with van der Waals surface area (Å²) in [7, 11) is 0. The van der Waals surface area contributed by atoms with Crippen LogP contribution in [0.15, 0.2) is 42.5 Å². The van der Waals surface area contributed by atoms with Crippen molar-refractivity contribution in [1.29, 1.82) is 0 Å². The number of nitrogens with zero attached hydrogens (tertiary/aromatic N) is 3. The van der Waals surface area contributed by atoms with Gasteiger partial charge < -0.3 is 14.2 Å². The zero-order chi connectivity index (χ0) is 23.4. The van der Waals surface area contributed by atoms with Crippen molar-refractivity contribution in [3.63, 3.8) is 0 Å². The Balaban J connectivity index is 1.57. The second-order valence-corrected chi connectivity index (χ2v) is 9.04. The first-order valence-corrected chi connectivity index (χ1v) is 11.1. The Morgan fingerprint density at radius 2 is 1.82 bits per heavy atom. The number of hydrogen-bond acceptors (Lipinski definition) is 7. The van der Waals surface area contributed by atoms with Gasteiger partial charge in [0.05, 0.1) is 25.4 Å². The zero-order valence-corrected chi connectivity index (χ0v) is 19.6. The summed E-state index contributed by atoms with van der Waals surface area (Å²) in [6, 6.07) is 13.2. The number of hydrogen-bond donors (Lipinski definition) is 1. The summed E-state index contributed by atoms with van der Waals surface area (Å²) in [4.78, 5) is 23.8. The van der Waals surface area contributed by atoms with E-state index in [-0.39, 0.29) is 0 Å². The fraction of sp³-hybridized carbons (Fsp3) is 0.400. The van der Waals surface area contributed by atoms with E-state index in [1.165, 1.54) is 0 Å². The minimum atomic E-state index is -0.577. The summed E-state index contributed by atoms with van der Waals surface area (Å²) < 4.78 is 17.0. The van der Waals surface area contributed by atoms with E-state index in [9.17, 15) is 4.79 Å². The Labute approximate surface area is 193 Å². The molecule has 3 aromatic rings. The molecule has 2 heterocycles. The van der Waals surface area contributed by atoms with Crippen molar-refractivity contribution in [2.75, 3.05) is 31.6 Å². The molecule has 0 aliphatic carbocycles. The van der Waals surface area contributed by atoms with E-state index in [1.807, 2.05) is 70.2 Å². The minimum absolute atomic E-state index is 0.490. The first-order valence-electron chi connectivity index (χ1n) is 11.1. The third-order valence-corrected chi connectivity index (χ3v) is 5.08. The van der Waals surface area contributed by atoms with Gasteiger partial charge >= 0.3 is 6.09 Å². The Hall–Kier alpha value is -3.23. The summed E-state index contributed by atoms with van der Waals surface area (Å²) in [5.41, 5.74) is 0.919. The van der Waals surface area contributed by atoms with Gasteiger partial charge in [-0.1, -0.05) is 24.3 Å². The number of carbonyl (C=O) groups is 1. The van der Waals surface area contributed by atoms with Crippen molar-refractivity contribution in [1.82, 2.24) is 14.9 Å². The third kappa shape index (κ3) is 6.18. The van der Waals surface area contributed by atoms with E-state index >= 15 is 0 Å². The van der Waals surface area contributed by atoms with E-state index in [2.05, 4.69) is 20.2 Å². The molecule has 0 atom stereocenters. The third-order valence-electron chi connectivity index (χ3n) is 5.08. The number of rotatable bonds is 5. The number of ether oxygens (including phenoxy) is 3. The van der Waals surface area contributed by atoms with Gasteiger partial charge in [-0.3, -0.25) is 10.2 Å². The monoisotopic (exact) mass is 450 g/mol. The minimum Gasteiger partial charge on any atom is -0.444 e. The summed E-state index contributed by atoms with van der Waals surface area (Å²) in [6.45, 7) is 11.3. The maximum absolute atomic E-state index is 12.3. The van der Waals surface area contributed by atoms with Crippen molar-refractivity contribution in [3.8, 4) is 11.6 Å². The molecule has 1 N–H and O–H groups in total. The van der Waals surface area contributed by atoms with Gasteiger partial charge in [0.2, 0.25) is 5.88 Å². The maximum Gasteiger partial charge on any atom is 0.412 e. The topological polar surface area (TPSA) is 85.8 Å². The lowest BCUT2D eigenvalue weighted by Gasteiger charge is -2.25. The molecular weight excluding hydrogens is 420 g/mol. The number of aryl methyl sites for hydroxylation is 1. The van der Waals surface area contributed by atoms with Crippen LogP contribution >= 0.6 is 0 Å². The van der Waals surface area contributed by atoms with Crippen LogP contribution in [0.2, 0.25) is 0 Å². The Morgan fingerprint density at radius 1 is 1.09 bits per heavy atom. The highest BCUT2D eigenvalue weighted by Crippen LogP contribution is 2.34. The summed E-state index contributed by atoms with van der Waals surface area (Å²) >= 11 is 0. The van der Waals surface area contributed by atoms with E-state index < -0.39 is 11.7 Å². The van der Waals surface area contributed by atoms with Gasteiger partial charge in [0, 0.05) is 35.6 Å². The first kappa shape index (κ1) is 22.9. The molecule has 1 aliphatic rings. The quantitative estimate of drug-likeness (QED) is 0.591. The highest BCUT2D eigenvalue weighted by Gasteiger charge is 2.18. The number of morpholine rings is 1. The van der Waals surface area contributed by atoms with Crippen molar-refractivity contribution >= 4 is 22.6 Å². The molecule has 1 saturated heterocycles. The highest BCUT2D eigenvalue weighted by molar-refractivity contribution is 6.02. The number of nitrogens with one attached hydrogen (secondary N) is 1. The zero-order valence-electron chi connectivity index (χ0n) is 19.6. The largest absolute Gasteiger partial charge is 0.444 e. The molecule has 0 spiro atoms. The summed E-state index contributed by atoms with van der Waals surface area (Å²) in [5, 5.41) is 4.54. The van der Waals surface area contributed by atoms with Gasteiger partial charge in [-0.05, 0) is 39.8 Å². The van der Waals surface area contributed by atoms with E-state index in [0.717, 1.165) is 48.6 Å². The Morgan fingerprint density at radius 3 is 2.55 bits per heavy atom. The molecule has 0 bridgehead atoms. The van der Waals surface area contributed by atoms with Gasteiger partial charge in [-0.2, -0.15) is 4.98 Å². The summed E-state index contributed by atoms with van der Waals surface area (Å²) in [6.07, 6.45) is -0.500. The number of amides is 1. The van der Waals surface area contributed by atoms with Crippen LogP contribution in [0.5, 0.6) is 11.6 Å².